The Labute approximate surface area is 77.2 Å². The van der Waals surface area contributed by atoms with Gasteiger partial charge in [-0.2, -0.15) is 0 Å². The van der Waals surface area contributed by atoms with Crippen molar-refractivity contribution in [3.05, 3.63) is 0 Å². The summed E-state index contributed by atoms with van der Waals surface area (Å²) in [5, 5.41) is 0. The molecule has 0 aromatic heterocycles. The Morgan fingerprint density at radius 1 is 1.38 bits per heavy atom. The molecule has 1 unspecified atom stereocenters. The second-order valence-corrected chi connectivity index (χ2v) is 3.91. The molecule has 1 fully saturated rings. The molecule has 0 radical (unpaired) electrons. The van der Waals surface area contributed by atoms with Crippen molar-refractivity contribution in [1.82, 2.24) is 0 Å². The van der Waals surface area contributed by atoms with Gasteiger partial charge in [-0.05, 0) is 6.42 Å². The van der Waals surface area contributed by atoms with E-state index in [9.17, 15) is 9.59 Å². The summed E-state index contributed by atoms with van der Waals surface area (Å²) in [4.78, 5) is 21.8. The van der Waals surface area contributed by atoms with Crippen molar-refractivity contribution in [1.29, 1.82) is 0 Å². The number of hydrogen-bond donors (Lipinski definition) is 0. The molecule has 0 aromatic rings. The van der Waals surface area contributed by atoms with E-state index in [-0.39, 0.29) is 5.41 Å². The lowest BCUT2D eigenvalue weighted by Gasteiger charge is -2.26. The summed E-state index contributed by atoms with van der Waals surface area (Å²) >= 11 is 0. The third-order valence-corrected chi connectivity index (χ3v) is 2.22. The summed E-state index contributed by atoms with van der Waals surface area (Å²) in [7, 11) is 0. The Hall–Kier alpha value is -1.06. The van der Waals surface area contributed by atoms with Gasteiger partial charge in [-0.25, -0.2) is 9.59 Å². The highest BCUT2D eigenvalue weighted by Gasteiger charge is 2.45. The molecule has 1 rings (SSSR count). The van der Waals surface area contributed by atoms with Gasteiger partial charge in [0.25, 0.3) is 0 Å². The van der Waals surface area contributed by atoms with Crippen LogP contribution in [0, 0.1) is 5.41 Å². The average Bonchev–Trinajstić information content (AvgIpc) is 2.30. The van der Waals surface area contributed by atoms with Crippen molar-refractivity contribution in [3.63, 3.8) is 0 Å². The summed E-state index contributed by atoms with van der Waals surface area (Å²) in [5.74, 6) is -0.566. The first-order chi connectivity index (χ1) is 5.97. The highest BCUT2D eigenvalue weighted by molar-refractivity contribution is 5.91. The summed E-state index contributed by atoms with van der Waals surface area (Å²) in [5.41, 5.74) is -0.335. The van der Waals surface area contributed by atoms with Gasteiger partial charge in [0.05, 0.1) is 0 Å². The molecular weight excluding hydrogens is 172 g/mol. The molecule has 0 aliphatic carbocycles. The van der Waals surface area contributed by atoms with Crippen LogP contribution in [-0.2, 0) is 14.3 Å². The standard InChI is InChI=1S/C9H14O4/c1-4-5-9(2,3)6-7(10)13-8(11)12-6/h6H,4-5H2,1-3H3. The monoisotopic (exact) mass is 186 g/mol. The predicted octanol–water partition coefficient (Wildman–Crippen LogP) is 1.87. The third-order valence-electron chi connectivity index (χ3n) is 2.22. The molecule has 0 N–H and O–H groups in total. The smallest absolute Gasteiger partial charge is 0.418 e. The van der Waals surface area contributed by atoms with Crippen LogP contribution in [0.5, 0.6) is 0 Å². The van der Waals surface area contributed by atoms with E-state index < -0.39 is 18.2 Å². The van der Waals surface area contributed by atoms with Gasteiger partial charge < -0.3 is 9.47 Å². The van der Waals surface area contributed by atoms with Crippen LogP contribution in [0.2, 0.25) is 0 Å². The molecular formula is C9H14O4. The minimum Gasteiger partial charge on any atom is -0.418 e. The average molecular weight is 186 g/mol. The lowest BCUT2D eigenvalue weighted by atomic mass is 9.82. The van der Waals surface area contributed by atoms with Crippen LogP contribution in [-0.4, -0.2) is 18.2 Å². The van der Waals surface area contributed by atoms with E-state index >= 15 is 0 Å². The van der Waals surface area contributed by atoms with Crippen LogP contribution in [0.25, 0.3) is 0 Å². The first-order valence-electron chi connectivity index (χ1n) is 4.39. The van der Waals surface area contributed by atoms with Crippen LogP contribution >= 0.6 is 0 Å². The van der Waals surface area contributed by atoms with Gasteiger partial charge >= 0.3 is 12.1 Å². The van der Waals surface area contributed by atoms with Crippen LogP contribution in [0.3, 0.4) is 0 Å². The largest absolute Gasteiger partial charge is 0.517 e. The summed E-state index contributed by atoms with van der Waals surface area (Å²) in [6.45, 7) is 5.80. The molecule has 74 valence electrons. The minimum absolute atomic E-state index is 0.335. The molecule has 0 spiro atoms. The number of cyclic esters (lactones) is 3. The molecule has 4 heteroatoms. The SMILES string of the molecule is CCCC(C)(C)C1OC(=O)OC1=O. The molecule has 0 bridgehead atoms. The zero-order valence-corrected chi connectivity index (χ0v) is 8.12. The maximum absolute atomic E-state index is 11.1. The molecule has 1 atom stereocenters. The number of esters is 1. The number of hydrogen-bond acceptors (Lipinski definition) is 4. The molecule has 0 saturated carbocycles. The van der Waals surface area contributed by atoms with Crippen molar-refractivity contribution >= 4 is 12.1 Å². The molecule has 0 aromatic carbocycles. The van der Waals surface area contributed by atoms with Crippen LogP contribution in [0.4, 0.5) is 4.79 Å². The van der Waals surface area contributed by atoms with E-state index in [1.165, 1.54) is 0 Å². The lowest BCUT2D eigenvalue weighted by molar-refractivity contribution is -0.140. The molecule has 1 heterocycles. The van der Waals surface area contributed by atoms with Gasteiger partial charge in [-0.3, -0.25) is 0 Å². The van der Waals surface area contributed by atoms with Crippen molar-refractivity contribution in [2.75, 3.05) is 0 Å². The van der Waals surface area contributed by atoms with E-state index in [0.29, 0.717) is 0 Å². The highest BCUT2D eigenvalue weighted by Crippen LogP contribution is 2.32. The normalized spacial score (nSPS) is 22.8. The van der Waals surface area contributed by atoms with Gasteiger partial charge in [0.2, 0.25) is 6.10 Å². The minimum atomic E-state index is -0.876. The van der Waals surface area contributed by atoms with Gasteiger partial charge in [0.1, 0.15) is 0 Å². The van der Waals surface area contributed by atoms with Crippen LogP contribution in [0.1, 0.15) is 33.6 Å². The predicted molar refractivity (Wildman–Crippen MR) is 45.1 cm³/mol. The van der Waals surface area contributed by atoms with E-state index in [2.05, 4.69) is 4.74 Å². The summed E-state index contributed by atoms with van der Waals surface area (Å²) < 4.78 is 9.09. The fourth-order valence-corrected chi connectivity index (χ4v) is 1.56. The van der Waals surface area contributed by atoms with Gasteiger partial charge in [0.15, 0.2) is 0 Å². The quantitative estimate of drug-likeness (QED) is 0.498. The number of ether oxygens (including phenoxy) is 2. The number of carbonyl (C=O) groups is 2. The van der Waals surface area contributed by atoms with Crippen molar-refractivity contribution in [2.24, 2.45) is 5.41 Å². The zero-order chi connectivity index (χ0) is 10.1. The summed E-state index contributed by atoms with van der Waals surface area (Å²) in [6, 6.07) is 0. The maximum Gasteiger partial charge on any atom is 0.517 e. The first kappa shape index (κ1) is 10.0. The van der Waals surface area contributed by atoms with Crippen molar-refractivity contribution in [3.8, 4) is 0 Å². The maximum atomic E-state index is 11.1. The number of rotatable bonds is 3. The van der Waals surface area contributed by atoms with Crippen LogP contribution in [0.15, 0.2) is 0 Å². The second kappa shape index (κ2) is 3.36. The first-order valence-corrected chi connectivity index (χ1v) is 4.39. The van der Waals surface area contributed by atoms with Crippen LogP contribution < -0.4 is 0 Å². The Bertz CT molecular complexity index is 232. The molecule has 0 amide bonds. The van der Waals surface area contributed by atoms with E-state index in [4.69, 9.17) is 4.74 Å². The Morgan fingerprint density at radius 2 is 2.00 bits per heavy atom. The van der Waals surface area contributed by atoms with Crippen molar-refractivity contribution in [2.45, 2.75) is 39.7 Å². The fraction of sp³-hybridized carbons (Fsp3) is 0.778. The Kier molecular flexibility index (Phi) is 2.59. The molecule has 1 aliphatic heterocycles. The molecule has 13 heavy (non-hydrogen) atoms. The molecule has 1 saturated heterocycles. The van der Waals surface area contributed by atoms with Gasteiger partial charge in [0, 0.05) is 5.41 Å². The zero-order valence-electron chi connectivity index (χ0n) is 8.12. The third kappa shape index (κ3) is 1.99. The van der Waals surface area contributed by atoms with Gasteiger partial charge in [-0.15, -0.1) is 0 Å². The van der Waals surface area contributed by atoms with Crippen molar-refractivity contribution < 1.29 is 19.1 Å². The molecule has 1 aliphatic rings. The molecule has 4 nitrogen and oxygen atoms in total. The van der Waals surface area contributed by atoms with E-state index in [1.807, 2.05) is 20.8 Å². The van der Waals surface area contributed by atoms with Gasteiger partial charge in [-0.1, -0.05) is 27.2 Å². The Balaban J connectivity index is 2.71. The Morgan fingerprint density at radius 3 is 2.38 bits per heavy atom. The fourth-order valence-electron chi connectivity index (χ4n) is 1.56. The summed E-state index contributed by atoms with van der Waals surface area (Å²) in [6.07, 6.45) is 0.146. The van der Waals surface area contributed by atoms with E-state index in [1.54, 1.807) is 0 Å². The lowest BCUT2D eigenvalue weighted by Crippen LogP contribution is -2.34. The van der Waals surface area contributed by atoms with E-state index in [0.717, 1.165) is 12.8 Å². The number of carbonyl (C=O) groups excluding carboxylic acids is 2. The highest BCUT2D eigenvalue weighted by atomic mass is 16.8. The second-order valence-electron chi connectivity index (χ2n) is 3.91. The topological polar surface area (TPSA) is 52.6 Å².